The summed E-state index contributed by atoms with van der Waals surface area (Å²) in [6.45, 7) is 6.00. The molecule has 3 aromatic carbocycles. The molecule has 0 atom stereocenters. The first-order valence-electron chi connectivity index (χ1n) is 12.1. The van der Waals surface area contributed by atoms with E-state index in [1.165, 1.54) is 11.6 Å². The van der Waals surface area contributed by atoms with Gasteiger partial charge in [-0.25, -0.2) is 0 Å². The van der Waals surface area contributed by atoms with Gasteiger partial charge in [0.15, 0.2) is 6.61 Å². The molecule has 3 aromatic rings. The Bertz CT molecular complexity index is 1270. The van der Waals surface area contributed by atoms with E-state index in [4.69, 9.17) is 32.7 Å². The lowest BCUT2D eigenvalue weighted by Gasteiger charge is -2.19. The number of carbonyl (C=O) groups is 3. The van der Waals surface area contributed by atoms with E-state index >= 15 is 0 Å². The molecule has 0 bridgehead atoms. The first-order valence-corrected chi connectivity index (χ1v) is 12.8. The molecule has 0 saturated carbocycles. The molecular formula is C29H30Cl2N2O5. The summed E-state index contributed by atoms with van der Waals surface area (Å²) >= 11 is 11.9. The van der Waals surface area contributed by atoms with E-state index in [0.29, 0.717) is 27.2 Å². The van der Waals surface area contributed by atoms with Gasteiger partial charge in [-0.1, -0.05) is 56.1 Å². The Morgan fingerprint density at radius 1 is 0.789 bits per heavy atom. The van der Waals surface area contributed by atoms with E-state index in [1.807, 2.05) is 24.3 Å². The minimum absolute atomic E-state index is 0.000592. The highest BCUT2D eigenvalue weighted by molar-refractivity contribution is 6.35. The van der Waals surface area contributed by atoms with Crippen molar-refractivity contribution in [2.75, 3.05) is 17.2 Å². The second-order valence-electron chi connectivity index (χ2n) is 9.64. The molecule has 0 heterocycles. The SMILES string of the molecule is CC(C)(C)c1ccc(Oc2ccc(NC(=O)CCCC(=O)OCC(=O)Nc3cc(Cl)ccc3Cl)cc2)cc1. The minimum Gasteiger partial charge on any atom is -0.457 e. The standard InChI is InChI=1S/C29H30Cl2N2O5/c1-29(2,3)19-7-12-22(13-8-19)38-23-14-10-21(11-15-23)32-26(34)5-4-6-28(36)37-18-27(35)33-25-17-20(30)9-16-24(25)31/h7-17H,4-6,18H2,1-3H3,(H,32,34)(H,33,35). The van der Waals surface area contributed by atoms with Crippen LogP contribution in [0.1, 0.15) is 45.6 Å². The Balaban J connectivity index is 1.35. The van der Waals surface area contributed by atoms with Gasteiger partial charge in [-0.3, -0.25) is 14.4 Å². The van der Waals surface area contributed by atoms with E-state index in [2.05, 4.69) is 31.4 Å². The number of amides is 2. The molecule has 200 valence electrons. The molecule has 2 amide bonds. The maximum Gasteiger partial charge on any atom is 0.306 e. The van der Waals surface area contributed by atoms with Gasteiger partial charge in [-0.05, 0) is 72.0 Å². The van der Waals surface area contributed by atoms with Gasteiger partial charge < -0.3 is 20.1 Å². The average Bonchev–Trinajstić information content (AvgIpc) is 2.86. The van der Waals surface area contributed by atoms with Gasteiger partial charge in [-0.15, -0.1) is 0 Å². The summed E-state index contributed by atoms with van der Waals surface area (Å²) in [5.74, 6) is 0.0118. The number of carbonyl (C=O) groups excluding carboxylic acids is 3. The molecule has 0 saturated heterocycles. The molecular weight excluding hydrogens is 527 g/mol. The highest BCUT2D eigenvalue weighted by Crippen LogP contribution is 2.28. The van der Waals surface area contributed by atoms with Crippen LogP contribution in [0.4, 0.5) is 11.4 Å². The second kappa shape index (κ2) is 13.3. The summed E-state index contributed by atoms with van der Waals surface area (Å²) in [7, 11) is 0. The van der Waals surface area contributed by atoms with Crippen LogP contribution in [0, 0.1) is 0 Å². The van der Waals surface area contributed by atoms with E-state index in [0.717, 1.165) is 5.75 Å². The van der Waals surface area contributed by atoms with Crippen LogP contribution in [0.15, 0.2) is 66.7 Å². The van der Waals surface area contributed by atoms with Crippen LogP contribution >= 0.6 is 23.2 Å². The number of hydrogen-bond donors (Lipinski definition) is 2. The number of nitrogens with one attached hydrogen (secondary N) is 2. The van der Waals surface area contributed by atoms with E-state index < -0.39 is 18.5 Å². The van der Waals surface area contributed by atoms with Crippen molar-refractivity contribution in [3.8, 4) is 11.5 Å². The van der Waals surface area contributed by atoms with Crippen LogP contribution in [0.25, 0.3) is 0 Å². The summed E-state index contributed by atoms with van der Waals surface area (Å²) in [6.07, 6.45) is 0.398. The van der Waals surface area contributed by atoms with Gasteiger partial charge >= 0.3 is 5.97 Å². The highest BCUT2D eigenvalue weighted by Gasteiger charge is 2.14. The molecule has 0 fully saturated rings. The van der Waals surface area contributed by atoms with Crippen LogP contribution in [0.5, 0.6) is 11.5 Å². The number of anilines is 2. The maximum atomic E-state index is 12.2. The molecule has 0 aliphatic carbocycles. The van der Waals surface area contributed by atoms with Crippen molar-refractivity contribution in [3.05, 3.63) is 82.3 Å². The van der Waals surface area contributed by atoms with Crippen LogP contribution < -0.4 is 15.4 Å². The Labute approximate surface area is 232 Å². The molecule has 0 unspecified atom stereocenters. The van der Waals surface area contributed by atoms with Gasteiger partial charge in [-0.2, -0.15) is 0 Å². The fourth-order valence-corrected chi connectivity index (χ4v) is 3.72. The summed E-state index contributed by atoms with van der Waals surface area (Å²) in [6, 6.07) is 19.6. The molecule has 0 aliphatic heterocycles. The van der Waals surface area contributed by atoms with E-state index in [1.54, 1.807) is 36.4 Å². The average molecular weight is 557 g/mol. The fraction of sp³-hybridized carbons (Fsp3) is 0.276. The Morgan fingerprint density at radius 2 is 1.42 bits per heavy atom. The van der Waals surface area contributed by atoms with Crippen LogP contribution in [-0.2, 0) is 24.5 Å². The number of benzene rings is 3. The quantitative estimate of drug-likeness (QED) is 0.254. The number of halogens is 2. The van der Waals surface area contributed by atoms with Crippen molar-refractivity contribution in [3.63, 3.8) is 0 Å². The Hall–Kier alpha value is -3.55. The van der Waals surface area contributed by atoms with Crippen molar-refractivity contribution in [2.45, 2.75) is 45.4 Å². The third-order valence-electron chi connectivity index (χ3n) is 5.45. The van der Waals surface area contributed by atoms with Crippen LogP contribution in [0.3, 0.4) is 0 Å². The van der Waals surface area contributed by atoms with Crippen molar-refractivity contribution in [2.24, 2.45) is 0 Å². The van der Waals surface area contributed by atoms with Gasteiger partial charge in [0.05, 0.1) is 10.7 Å². The summed E-state index contributed by atoms with van der Waals surface area (Å²) in [5.41, 5.74) is 2.24. The predicted molar refractivity (Wildman–Crippen MR) is 150 cm³/mol. The molecule has 0 spiro atoms. The highest BCUT2D eigenvalue weighted by atomic mass is 35.5. The third-order valence-corrected chi connectivity index (χ3v) is 6.01. The fourth-order valence-electron chi connectivity index (χ4n) is 3.38. The van der Waals surface area contributed by atoms with Crippen molar-refractivity contribution in [1.29, 1.82) is 0 Å². The normalized spacial score (nSPS) is 11.0. The Morgan fingerprint density at radius 3 is 2.05 bits per heavy atom. The lowest BCUT2D eigenvalue weighted by Crippen LogP contribution is -2.21. The molecule has 3 rings (SSSR count). The lowest BCUT2D eigenvalue weighted by molar-refractivity contribution is -0.147. The number of esters is 1. The monoisotopic (exact) mass is 556 g/mol. The largest absolute Gasteiger partial charge is 0.457 e. The number of rotatable bonds is 10. The minimum atomic E-state index is -0.581. The molecule has 2 N–H and O–H groups in total. The molecule has 0 radical (unpaired) electrons. The zero-order chi connectivity index (χ0) is 27.7. The van der Waals surface area contributed by atoms with Gasteiger partial charge in [0.25, 0.3) is 5.91 Å². The van der Waals surface area contributed by atoms with Crippen LogP contribution in [-0.4, -0.2) is 24.4 Å². The smallest absolute Gasteiger partial charge is 0.306 e. The lowest BCUT2D eigenvalue weighted by atomic mass is 9.87. The van der Waals surface area contributed by atoms with Gasteiger partial charge in [0, 0.05) is 23.6 Å². The molecule has 0 aromatic heterocycles. The number of ether oxygens (including phenoxy) is 2. The van der Waals surface area contributed by atoms with E-state index in [-0.39, 0.29) is 30.6 Å². The molecule has 7 nitrogen and oxygen atoms in total. The molecule has 38 heavy (non-hydrogen) atoms. The van der Waals surface area contributed by atoms with E-state index in [9.17, 15) is 14.4 Å². The maximum absolute atomic E-state index is 12.2. The summed E-state index contributed by atoms with van der Waals surface area (Å²) in [5, 5.41) is 6.03. The van der Waals surface area contributed by atoms with Crippen molar-refractivity contribution in [1.82, 2.24) is 0 Å². The number of hydrogen-bond acceptors (Lipinski definition) is 5. The van der Waals surface area contributed by atoms with Crippen LogP contribution in [0.2, 0.25) is 10.0 Å². The zero-order valence-electron chi connectivity index (χ0n) is 21.5. The molecule has 0 aliphatic rings. The van der Waals surface area contributed by atoms with Gasteiger partial charge in [0.2, 0.25) is 5.91 Å². The first-order chi connectivity index (χ1) is 18.0. The second-order valence-corrected chi connectivity index (χ2v) is 10.5. The van der Waals surface area contributed by atoms with Crippen molar-refractivity contribution >= 4 is 52.4 Å². The summed E-state index contributed by atoms with van der Waals surface area (Å²) < 4.78 is 10.8. The van der Waals surface area contributed by atoms with Gasteiger partial charge in [0.1, 0.15) is 11.5 Å². The summed E-state index contributed by atoms with van der Waals surface area (Å²) in [4.78, 5) is 36.1. The molecule has 9 heteroatoms. The third kappa shape index (κ3) is 9.39. The Kier molecular flexibility index (Phi) is 10.2. The zero-order valence-corrected chi connectivity index (χ0v) is 23.0. The topological polar surface area (TPSA) is 93.7 Å². The van der Waals surface area contributed by atoms with Crippen molar-refractivity contribution < 1.29 is 23.9 Å². The predicted octanol–water partition coefficient (Wildman–Crippen LogP) is 7.37. The first kappa shape index (κ1) is 29.0.